The van der Waals surface area contributed by atoms with Crippen molar-refractivity contribution >= 4 is 0 Å². The summed E-state index contributed by atoms with van der Waals surface area (Å²) in [4.78, 5) is 0. The van der Waals surface area contributed by atoms with E-state index in [0.29, 0.717) is 12.0 Å². The van der Waals surface area contributed by atoms with Crippen molar-refractivity contribution < 1.29 is 4.74 Å². The Morgan fingerprint density at radius 3 is 2.74 bits per heavy atom. The van der Waals surface area contributed by atoms with E-state index in [-0.39, 0.29) is 5.60 Å². The van der Waals surface area contributed by atoms with Crippen molar-refractivity contribution in [1.82, 2.24) is 5.43 Å². The van der Waals surface area contributed by atoms with Gasteiger partial charge in [0.15, 0.2) is 0 Å². The molecule has 1 saturated carbocycles. The van der Waals surface area contributed by atoms with Crippen LogP contribution in [0.15, 0.2) is 30.3 Å². The van der Waals surface area contributed by atoms with Gasteiger partial charge < -0.3 is 4.74 Å². The second-order valence-corrected chi connectivity index (χ2v) is 6.10. The zero-order valence-electron chi connectivity index (χ0n) is 11.5. The maximum Gasteiger partial charge on any atom is 0.0685 e. The van der Waals surface area contributed by atoms with Crippen LogP contribution in [0.4, 0.5) is 0 Å². The number of hydrogen-bond donors (Lipinski definition) is 2. The number of nitrogens with two attached hydrogens (primary N) is 1. The van der Waals surface area contributed by atoms with Gasteiger partial charge in [0.1, 0.15) is 0 Å². The van der Waals surface area contributed by atoms with Crippen molar-refractivity contribution in [2.45, 2.75) is 50.2 Å². The molecular formula is C16H24N2O. The molecule has 1 heterocycles. The normalized spacial score (nSPS) is 26.9. The maximum absolute atomic E-state index is 6.01. The SMILES string of the molecule is NNC(Cc1ccccc1)C1CCOC2(CCC2)C1. The fraction of sp³-hybridized carbons (Fsp3) is 0.625. The molecule has 1 saturated heterocycles. The van der Waals surface area contributed by atoms with E-state index in [4.69, 9.17) is 10.6 Å². The lowest BCUT2D eigenvalue weighted by atomic mass is 9.70. The average Bonchev–Trinajstić information content (AvgIpc) is 2.44. The van der Waals surface area contributed by atoms with Gasteiger partial charge in [0.25, 0.3) is 0 Å². The maximum atomic E-state index is 6.01. The minimum atomic E-state index is 0.203. The molecule has 1 aromatic carbocycles. The Morgan fingerprint density at radius 1 is 1.32 bits per heavy atom. The molecule has 1 aromatic rings. The molecule has 3 nitrogen and oxygen atoms in total. The lowest BCUT2D eigenvalue weighted by molar-refractivity contribution is -0.147. The molecule has 19 heavy (non-hydrogen) atoms. The average molecular weight is 260 g/mol. The van der Waals surface area contributed by atoms with Crippen LogP contribution in [0.3, 0.4) is 0 Å². The zero-order valence-corrected chi connectivity index (χ0v) is 11.5. The van der Waals surface area contributed by atoms with Gasteiger partial charge in [0.2, 0.25) is 0 Å². The summed E-state index contributed by atoms with van der Waals surface area (Å²) >= 11 is 0. The van der Waals surface area contributed by atoms with Gasteiger partial charge in [0, 0.05) is 12.6 Å². The Kier molecular flexibility index (Phi) is 3.87. The third-order valence-electron chi connectivity index (χ3n) is 4.88. The van der Waals surface area contributed by atoms with Gasteiger partial charge in [-0.3, -0.25) is 11.3 Å². The van der Waals surface area contributed by atoms with Crippen molar-refractivity contribution in [2.75, 3.05) is 6.61 Å². The van der Waals surface area contributed by atoms with Gasteiger partial charge in [-0.1, -0.05) is 30.3 Å². The second kappa shape index (κ2) is 5.61. The monoisotopic (exact) mass is 260 g/mol. The molecule has 0 bridgehead atoms. The van der Waals surface area contributed by atoms with Crippen molar-refractivity contribution in [3.05, 3.63) is 35.9 Å². The molecule has 104 valence electrons. The number of benzene rings is 1. The third-order valence-corrected chi connectivity index (χ3v) is 4.88. The minimum absolute atomic E-state index is 0.203. The van der Waals surface area contributed by atoms with Gasteiger partial charge in [-0.25, -0.2) is 0 Å². The van der Waals surface area contributed by atoms with Crippen LogP contribution >= 0.6 is 0 Å². The molecule has 2 unspecified atom stereocenters. The van der Waals surface area contributed by atoms with E-state index >= 15 is 0 Å². The van der Waals surface area contributed by atoms with E-state index in [1.165, 1.54) is 31.2 Å². The highest BCUT2D eigenvalue weighted by molar-refractivity contribution is 5.16. The lowest BCUT2D eigenvalue weighted by Crippen LogP contribution is -2.52. The van der Waals surface area contributed by atoms with E-state index < -0.39 is 0 Å². The van der Waals surface area contributed by atoms with Crippen LogP contribution in [0.25, 0.3) is 0 Å². The van der Waals surface area contributed by atoms with Crippen molar-refractivity contribution in [3.63, 3.8) is 0 Å². The van der Waals surface area contributed by atoms with E-state index in [9.17, 15) is 0 Å². The fourth-order valence-corrected chi connectivity index (χ4v) is 3.56. The highest BCUT2D eigenvalue weighted by Crippen LogP contribution is 2.45. The summed E-state index contributed by atoms with van der Waals surface area (Å²) in [6.45, 7) is 0.900. The Hall–Kier alpha value is -0.900. The standard InChI is InChI=1S/C16H24N2O/c17-18-15(11-13-5-2-1-3-6-13)14-7-10-19-16(12-14)8-4-9-16/h1-3,5-6,14-15,18H,4,7-12,17H2. The summed E-state index contributed by atoms with van der Waals surface area (Å²) in [5.41, 5.74) is 4.61. The van der Waals surface area contributed by atoms with Crippen molar-refractivity contribution in [2.24, 2.45) is 11.8 Å². The molecule has 2 aliphatic rings. The quantitative estimate of drug-likeness (QED) is 0.645. The Morgan fingerprint density at radius 2 is 2.11 bits per heavy atom. The zero-order chi connectivity index (χ0) is 13.1. The first-order valence-electron chi connectivity index (χ1n) is 7.45. The molecule has 0 aromatic heterocycles. The summed E-state index contributed by atoms with van der Waals surface area (Å²) < 4.78 is 6.01. The van der Waals surface area contributed by atoms with Gasteiger partial charge >= 0.3 is 0 Å². The predicted molar refractivity (Wildman–Crippen MR) is 76.5 cm³/mol. The summed E-state index contributed by atoms with van der Waals surface area (Å²) in [5, 5.41) is 0. The largest absolute Gasteiger partial charge is 0.375 e. The molecule has 3 rings (SSSR count). The van der Waals surface area contributed by atoms with Crippen molar-refractivity contribution in [1.29, 1.82) is 0 Å². The van der Waals surface area contributed by atoms with Crippen LogP contribution in [0, 0.1) is 5.92 Å². The number of hydrazine groups is 1. The van der Waals surface area contributed by atoms with Crippen LogP contribution in [0.2, 0.25) is 0 Å². The van der Waals surface area contributed by atoms with Gasteiger partial charge in [0.05, 0.1) is 5.60 Å². The molecule has 2 fully saturated rings. The van der Waals surface area contributed by atoms with Crippen LogP contribution in [-0.2, 0) is 11.2 Å². The summed E-state index contributed by atoms with van der Waals surface area (Å²) in [6, 6.07) is 11.0. The van der Waals surface area contributed by atoms with E-state index in [0.717, 1.165) is 19.4 Å². The van der Waals surface area contributed by atoms with Crippen LogP contribution < -0.4 is 11.3 Å². The summed E-state index contributed by atoms with van der Waals surface area (Å²) in [7, 11) is 0. The highest BCUT2D eigenvalue weighted by atomic mass is 16.5. The smallest absolute Gasteiger partial charge is 0.0685 e. The van der Waals surface area contributed by atoms with Crippen LogP contribution in [0.5, 0.6) is 0 Å². The minimum Gasteiger partial charge on any atom is -0.375 e. The van der Waals surface area contributed by atoms with E-state index in [2.05, 4.69) is 35.8 Å². The third kappa shape index (κ3) is 2.83. The van der Waals surface area contributed by atoms with Crippen LogP contribution in [0.1, 0.15) is 37.7 Å². The van der Waals surface area contributed by atoms with Gasteiger partial charge in [-0.15, -0.1) is 0 Å². The fourth-order valence-electron chi connectivity index (χ4n) is 3.56. The predicted octanol–water partition coefficient (Wildman–Crippen LogP) is 2.41. The second-order valence-electron chi connectivity index (χ2n) is 6.10. The molecule has 3 N–H and O–H groups in total. The Balaban J connectivity index is 1.64. The molecule has 1 aliphatic heterocycles. The highest BCUT2D eigenvalue weighted by Gasteiger charge is 2.44. The Bertz CT molecular complexity index is 402. The Labute approximate surface area is 115 Å². The molecule has 1 spiro atoms. The topological polar surface area (TPSA) is 47.3 Å². The molecule has 0 amide bonds. The molecule has 2 atom stereocenters. The summed E-state index contributed by atoms with van der Waals surface area (Å²) in [5.74, 6) is 6.45. The van der Waals surface area contributed by atoms with Crippen LogP contribution in [-0.4, -0.2) is 18.2 Å². The summed E-state index contributed by atoms with van der Waals surface area (Å²) in [6.07, 6.45) is 7.13. The van der Waals surface area contributed by atoms with Gasteiger partial charge in [-0.2, -0.15) is 0 Å². The van der Waals surface area contributed by atoms with E-state index in [1.54, 1.807) is 0 Å². The first-order chi connectivity index (χ1) is 9.31. The number of rotatable bonds is 4. The van der Waals surface area contributed by atoms with Crippen molar-refractivity contribution in [3.8, 4) is 0 Å². The molecule has 0 radical (unpaired) electrons. The van der Waals surface area contributed by atoms with Gasteiger partial charge in [-0.05, 0) is 50.0 Å². The lowest BCUT2D eigenvalue weighted by Gasteiger charge is -2.48. The van der Waals surface area contributed by atoms with E-state index in [1.807, 2.05) is 0 Å². The number of nitrogens with one attached hydrogen (secondary N) is 1. The molecule has 1 aliphatic carbocycles. The number of ether oxygens (including phenoxy) is 1. The first-order valence-corrected chi connectivity index (χ1v) is 7.45. The molecular weight excluding hydrogens is 236 g/mol. The number of hydrogen-bond acceptors (Lipinski definition) is 3. The first kappa shape index (κ1) is 13.1. The molecule has 3 heteroatoms.